The van der Waals surface area contributed by atoms with Crippen molar-refractivity contribution in [3.05, 3.63) is 71.9 Å². The van der Waals surface area contributed by atoms with Crippen LogP contribution < -0.4 is 4.72 Å². The van der Waals surface area contributed by atoms with E-state index in [9.17, 15) is 8.42 Å². The van der Waals surface area contributed by atoms with Crippen LogP contribution in [-0.2, 0) is 10.0 Å². The van der Waals surface area contributed by atoms with Gasteiger partial charge in [0.25, 0.3) is 15.9 Å². The SMILES string of the molecule is Cc1ccc(NS(=O)(=O)c2c[nH]c(-c3nnc(-c4ccccc4)o3)c2)cc1C. The van der Waals surface area contributed by atoms with Crippen LogP contribution in [0.1, 0.15) is 11.1 Å². The van der Waals surface area contributed by atoms with E-state index in [2.05, 4.69) is 19.9 Å². The van der Waals surface area contributed by atoms with Crippen LogP contribution in [0, 0.1) is 13.8 Å². The first-order valence-electron chi connectivity index (χ1n) is 8.60. The van der Waals surface area contributed by atoms with Gasteiger partial charge in [0.15, 0.2) is 0 Å². The van der Waals surface area contributed by atoms with Crippen LogP contribution >= 0.6 is 0 Å². The lowest BCUT2D eigenvalue weighted by Gasteiger charge is -2.08. The molecule has 0 fully saturated rings. The second-order valence-corrected chi connectivity index (χ2v) is 8.11. The van der Waals surface area contributed by atoms with Gasteiger partial charge in [-0.25, -0.2) is 8.42 Å². The third-order valence-electron chi connectivity index (χ3n) is 4.40. The molecule has 0 saturated heterocycles. The number of anilines is 1. The first-order valence-corrected chi connectivity index (χ1v) is 10.1. The largest absolute Gasteiger partial charge is 0.415 e. The van der Waals surface area contributed by atoms with Crippen molar-refractivity contribution in [2.75, 3.05) is 4.72 Å². The van der Waals surface area contributed by atoms with E-state index in [-0.39, 0.29) is 10.8 Å². The van der Waals surface area contributed by atoms with E-state index in [1.807, 2.05) is 50.2 Å². The molecular formula is C20H18N4O3S. The Morgan fingerprint density at radius 2 is 1.68 bits per heavy atom. The van der Waals surface area contributed by atoms with Crippen LogP contribution in [0.15, 0.2) is 70.1 Å². The van der Waals surface area contributed by atoms with Crippen molar-refractivity contribution < 1.29 is 12.8 Å². The monoisotopic (exact) mass is 394 g/mol. The quantitative estimate of drug-likeness (QED) is 0.529. The molecule has 0 aliphatic carbocycles. The summed E-state index contributed by atoms with van der Waals surface area (Å²) in [6.07, 6.45) is 1.39. The van der Waals surface area contributed by atoms with Crippen molar-refractivity contribution in [1.82, 2.24) is 15.2 Å². The Balaban J connectivity index is 1.58. The Bertz CT molecular complexity index is 1230. The maximum atomic E-state index is 12.7. The van der Waals surface area contributed by atoms with Crippen molar-refractivity contribution in [3.8, 4) is 23.0 Å². The minimum Gasteiger partial charge on any atom is -0.415 e. The normalized spacial score (nSPS) is 11.5. The molecule has 7 nitrogen and oxygen atoms in total. The summed E-state index contributed by atoms with van der Waals surface area (Å²) < 4.78 is 33.6. The highest BCUT2D eigenvalue weighted by Gasteiger charge is 2.19. The van der Waals surface area contributed by atoms with Gasteiger partial charge in [-0.1, -0.05) is 24.3 Å². The molecule has 0 amide bonds. The summed E-state index contributed by atoms with van der Waals surface area (Å²) in [5.41, 5.74) is 3.83. The number of aryl methyl sites for hydroxylation is 2. The number of hydrogen-bond acceptors (Lipinski definition) is 5. The molecule has 0 unspecified atom stereocenters. The summed E-state index contributed by atoms with van der Waals surface area (Å²) in [6.45, 7) is 3.90. The van der Waals surface area contributed by atoms with Gasteiger partial charge in [-0.2, -0.15) is 0 Å². The standard InChI is InChI=1S/C20H18N4O3S/c1-13-8-9-16(10-14(13)2)24-28(25,26)17-11-18(21-12-17)20-23-22-19(27-20)15-6-4-3-5-7-15/h3-12,21,24H,1-2H3. The molecule has 0 radical (unpaired) electrons. The fourth-order valence-corrected chi connectivity index (χ4v) is 3.74. The number of sulfonamides is 1. The Kier molecular flexibility index (Phi) is 4.48. The van der Waals surface area contributed by atoms with Gasteiger partial charge >= 0.3 is 0 Å². The third kappa shape index (κ3) is 3.54. The van der Waals surface area contributed by atoms with Crippen molar-refractivity contribution in [2.45, 2.75) is 18.7 Å². The van der Waals surface area contributed by atoms with Gasteiger partial charge < -0.3 is 9.40 Å². The number of nitrogens with zero attached hydrogens (tertiary/aromatic N) is 2. The number of nitrogens with one attached hydrogen (secondary N) is 2. The highest BCUT2D eigenvalue weighted by atomic mass is 32.2. The van der Waals surface area contributed by atoms with E-state index in [4.69, 9.17) is 4.42 Å². The zero-order valence-electron chi connectivity index (χ0n) is 15.3. The summed E-state index contributed by atoms with van der Waals surface area (Å²) in [4.78, 5) is 2.97. The fourth-order valence-electron chi connectivity index (χ4n) is 2.70. The van der Waals surface area contributed by atoms with Crippen molar-refractivity contribution in [3.63, 3.8) is 0 Å². The summed E-state index contributed by atoms with van der Waals surface area (Å²) >= 11 is 0. The van der Waals surface area contributed by atoms with Crippen molar-refractivity contribution in [1.29, 1.82) is 0 Å². The van der Waals surface area contributed by atoms with Gasteiger partial charge in [-0.15, -0.1) is 10.2 Å². The lowest BCUT2D eigenvalue weighted by atomic mass is 10.1. The first-order chi connectivity index (χ1) is 13.4. The number of aromatic amines is 1. The zero-order chi connectivity index (χ0) is 19.7. The molecule has 2 aromatic carbocycles. The fraction of sp³-hybridized carbons (Fsp3) is 0.100. The lowest BCUT2D eigenvalue weighted by molar-refractivity contribution is 0.582. The molecule has 0 aliphatic rings. The van der Waals surface area contributed by atoms with Crippen LogP contribution in [0.4, 0.5) is 5.69 Å². The van der Waals surface area contributed by atoms with Gasteiger partial charge in [0.05, 0.1) is 0 Å². The maximum absolute atomic E-state index is 12.7. The molecule has 0 atom stereocenters. The summed E-state index contributed by atoms with van der Waals surface area (Å²) in [5, 5.41) is 8.02. The molecule has 0 spiro atoms. The molecule has 0 saturated carbocycles. The van der Waals surface area contributed by atoms with Gasteiger partial charge in [-0.05, 0) is 55.3 Å². The highest BCUT2D eigenvalue weighted by molar-refractivity contribution is 7.92. The van der Waals surface area contributed by atoms with Gasteiger partial charge in [0.1, 0.15) is 10.6 Å². The Hall–Kier alpha value is -3.39. The van der Waals surface area contributed by atoms with E-state index in [0.29, 0.717) is 17.3 Å². The number of aromatic nitrogens is 3. The number of rotatable bonds is 5. The van der Waals surface area contributed by atoms with Gasteiger partial charge in [-0.3, -0.25) is 4.72 Å². The molecule has 0 aliphatic heterocycles. The smallest absolute Gasteiger partial charge is 0.264 e. The Morgan fingerprint density at radius 1 is 0.929 bits per heavy atom. The minimum atomic E-state index is -3.75. The van der Waals surface area contributed by atoms with E-state index >= 15 is 0 Å². The Labute approximate surface area is 162 Å². The van der Waals surface area contributed by atoms with Crippen LogP contribution in [-0.4, -0.2) is 23.6 Å². The van der Waals surface area contributed by atoms with E-state index < -0.39 is 10.0 Å². The van der Waals surface area contributed by atoms with Crippen LogP contribution in [0.2, 0.25) is 0 Å². The predicted octanol–water partition coefficient (Wildman–Crippen LogP) is 4.15. The van der Waals surface area contributed by atoms with Crippen molar-refractivity contribution in [2.24, 2.45) is 0 Å². The molecule has 2 heterocycles. The number of H-pyrrole nitrogens is 1. The summed E-state index contributed by atoms with van der Waals surface area (Å²) in [5.74, 6) is 0.578. The maximum Gasteiger partial charge on any atom is 0.264 e. The third-order valence-corrected chi connectivity index (χ3v) is 5.76. The van der Waals surface area contributed by atoms with Crippen LogP contribution in [0.3, 0.4) is 0 Å². The summed E-state index contributed by atoms with van der Waals surface area (Å²) in [7, 11) is -3.75. The van der Waals surface area contributed by atoms with Crippen LogP contribution in [0.25, 0.3) is 23.0 Å². The Morgan fingerprint density at radius 3 is 2.43 bits per heavy atom. The molecule has 4 aromatic rings. The number of hydrogen-bond donors (Lipinski definition) is 2. The molecule has 4 rings (SSSR count). The first kappa shape index (κ1) is 18.0. The average molecular weight is 394 g/mol. The topological polar surface area (TPSA) is 101 Å². The average Bonchev–Trinajstić information content (AvgIpc) is 3.35. The number of benzene rings is 2. The molecule has 0 bridgehead atoms. The molecule has 2 N–H and O–H groups in total. The van der Waals surface area contributed by atoms with E-state index in [0.717, 1.165) is 16.7 Å². The molecular weight excluding hydrogens is 376 g/mol. The zero-order valence-corrected chi connectivity index (χ0v) is 16.1. The molecule has 8 heteroatoms. The molecule has 142 valence electrons. The van der Waals surface area contributed by atoms with Crippen LogP contribution in [0.5, 0.6) is 0 Å². The molecule has 2 aromatic heterocycles. The van der Waals surface area contributed by atoms with Crippen molar-refractivity contribution >= 4 is 15.7 Å². The van der Waals surface area contributed by atoms with Gasteiger partial charge in [0.2, 0.25) is 5.89 Å². The minimum absolute atomic E-state index is 0.0835. The molecule has 28 heavy (non-hydrogen) atoms. The highest BCUT2D eigenvalue weighted by Crippen LogP contribution is 2.26. The summed E-state index contributed by atoms with van der Waals surface area (Å²) in [6, 6.07) is 16.2. The van der Waals surface area contributed by atoms with E-state index in [1.54, 1.807) is 12.1 Å². The van der Waals surface area contributed by atoms with Gasteiger partial charge in [0, 0.05) is 17.4 Å². The van der Waals surface area contributed by atoms with E-state index in [1.165, 1.54) is 12.3 Å². The second kappa shape index (κ2) is 6.97. The second-order valence-electron chi connectivity index (χ2n) is 6.43. The predicted molar refractivity (Wildman–Crippen MR) is 106 cm³/mol. The lowest BCUT2D eigenvalue weighted by Crippen LogP contribution is -2.12.